The minimum absolute atomic E-state index is 0.117. The number of Topliss-reactive ketones (excluding diaryl/α,β-unsaturated/α-hetero) is 1. The molecule has 1 N–H and O–H groups in total. The summed E-state index contributed by atoms with van der Waals surface area (Å²) in [7, 11) is 0. The molecule has 4 aromatic rings. The maximum atomic E-state index is 13.4. The van der Waals surface area contributed by atoms with Gasteiger partial charge in [0.2, 0.25) is 5.91 Å². The Morgan fingerprint density at radius 1 is 1.00 bits per heavy atom. The van der Waals surface area contributed by atoms with Crippen molar-refractivity contribution in [3.8, 4) is 5.69 Å². The van der Waals surface area contributed by atoms with Crippen LogP contribution in [0.5, 0.6) is 0 Å². The summed E-state index contributed by atoms with van der Waals surface area (Å²) < 4.78 is 6.60. The first-order valence-electron chi connectivity index (χ1n) is 13.7. The monoisotopic (exact) mass is 585 g/mol. The second-order valence-electron chi connectivity index (χ2n) is 9.72. The lowest BCUT2D eigenvalue weighted by Gasteiger charge is -2.17. The van der Waals surface area contributed by atoms with Crippen LogP contribution in [0.15, 0.2) is 85.2 Å². The summed E-state index contributed by atoms with van der Waals surface area (Å²) in [6.45, 7) is 2.38. The lowest BCUT2D eigenvalue weighted by molar-refractivity contribution is -0.143. The maximum absolute atomic E-state index is 13.4. The van der Waals surface area contributed by atoms with Gasteiger partial charge in [-0.05, 0) is 70.7 Å². The van der Waals surface area contributed by atoms with E-state index in [1.165, 1.54) is 17.1 Å². The van der Waals surface area contributed by atoms with Crippen molar-refractivity contribution in [3.63, 3.8) is 0 Å². The standard InChI is InChI=1S/C32H32ClN5O4/c1-2-18-42-32(41)17-12-23-8-10-25(11-9-23)20-30(39)28(19-24-6-4-3-5-7-24)35-31(40)16-13-26-21-27(33)14-15-29(26)38-22-34-36-37-38/h3-11,13-16,21-22,28H,2,12,17-20H2,1H3,(H,35,40)/b16-13+/t28-/m0/s1. The Balaban J connectivity index is 1.43. The fourth-order valence-corrected chi connectivity index (χ4v) is 4.48. The Morgan fingerprint density at radius 3 is 2.48 bits per heavy atom. The van der Waals surface area contributed by atoms with Crippen molar-refractivity contribution >= 4 is 35.3 Å². The van der Waals surface area contributed by atoms with E-state index in [-0.39, 0.29) is 18.2 Å². The van der Waals surface area contributed by atoms with Crippen LogP contribution in [0, 0.1) is 0 Å². The van der Waals surface area contributed by atoms with E-state index >= 15 is 0 Å². The van der Waals surface area contributed by atoms with E-state index in [1.54, 1.807) is 24.3 Å². The summed E-state index contributed by atoms with van der Waals surface area (Å²) in [6.07, 6.45) is 6.60. The van der Waals surface area contributed by atoms with Crippen molar-refractivity contribution in [1.29, 1.82) is 0 Å². The van der Waals surface area contributed by atoms with Crippen LogP contribution in [-0.2, 0) is 38.4 Å². The molecule has 1 aromatic heterocycles. The summed E-state index contributed by atoms with van der Waals surface area (Å²) in [5.74, 6) is -0.752. The highest BCUT2D eigenvalue weighted by molar-refractivity contribution is 6.30. The normalized spacial score (nSPS) is 11.8. The zero-order valence-corrected chi connectivity index (χ0v) is 24.0. The van der Waals surface area contributed by atoms with Crippen LogP contribution < -0.4 is 5.32 Å². The third kappa shape index (κ3) is 9.21. The highest BCUT2D eigenvalue weighted by atomic mass is 35.5. The van der Waals surface area contributed by atoms with Crippen LogP contribution in [-0.4, -0.2) is 50.5 Å². The largest absolute Gasteiger partial charge is 0.466 e. The highest BCUT2D eigenvalue weighted by Crippen LogP contribution is 2.20. The number of halogens is 1. The number of nitrogens with one attached hydrogen (secondary N) is 1. The van der Waals surface area contributed by atoms with Crippen LogP contribution in [0.25, 0.3) is 11.8 Å². The number of nitrogens with zero attached hydrogens (tertiary/aromatic N) is 4. The highest BCUT2D eigenvalue weighted by Gasteiger charge is 2.21. The lowest BCUT2D eigenvalue weighted by Crippen LogP contribution is -2.42. The number of hydrogen-bond donors (Lipinski definition) is 1. The first kappa shape index (κ1) is 30.3. The molecule has 0 aliphatic rings. The van der Waals surface area contributed by atoms with Crippen molar-refractivity contribution in [1.82, 2.24) is 25.5 Å². The Labute approximate surface area is 249 Å². The van der Waals surface area contributed by atoms with Gasteiger partial charge in [0.15, 0.2) is 5.78 Å². The second kappa shape index (κ2) is 15.4. The molecule has 1 atom stereocenters. The number of rotatable bonds is 14. The van der Waals surface area contributed by atoms with Crippen molar-refractivity contribution in [2.24, 2.45) is 0 Å². The molecule has 0 saturated heterocycles. The predicted octanol–water partition coefficient (Wildman–Crippen LogP) is 4.75. The zero-order chi connectivity index (χ0) is 29.7. The molecule has 10 heteroatoms. The molecular weight excluding hydrogens is 554 g/mol. The quantitative estimate of drug-likeness (QED) is 0.168. The SMILES string of the molecule is CCCOC(=O)CCc1ccc(CC(=O)[C@H](Cc2ccccc2)NC(=O)/C=C/c2cc(Cl)ccc2-n2cnnn2)cc1. The van der Waals surface area contributed by atoms with Crippen LogP contribution in [0.1, 0.15) is 42.0 Å². The summed E-state index contributed by atoms with van der Waals surface area (Å²) in [5, 5.41) is 14.6. The molecule has 216 valence electrons. The van der Waals surface area contributed by atoms with Crippen LogP contribution in [0.2, 0.25) is 5.02 Å². The molecule has 4 rings (SSSR count). The third-order valence-corrected chi connectivity index (χ3v) is 6.71. The van der Waals surface area contributed by atoms with Gasteiger partial charge in [-0.3, -0.25) is 14.4 Å². The average Bonchev–Trinajstić information content (AvgIpc) is 3.54. The number of carbonyl (C=O) groups excluding carboxylic acids is 3. The molecule has 9 nitrogen and oxygen atoms in total. The fraction of sp³-hybridized carbons (Fsp3) is 0.250. The molecule has 0 bridgehead atoms. The molecule has 0 fully saturated rings. The number of carbonyl (C=O) groups is 3. The van der Waals surface area contributed by atoms with E-state index < -0.39 is 11.9 Å². The third-order valence-electron chi connectivity index (χ3n) is 6.47. The van der Waals surface area contributed by atoms with Gasteiger partial charge in [0, 0.05) is 29.5 Å². The molecule has 42 heavy (non-hydrogen) atoms. The number of ether oxygens (including phenoxy) is 1. The van der Waals surface area contributed by atoms with E-state index in [0.717, 1.165) is 23.1 Å². The summed E-state index contributed by atoms with van der Waals surface area (Å²) >= 11 is 6.19. The number of esters is 1. The summed E-state index contributed by atoms with van der Waals surface area (Å²) in [6, 6.07) is 21.6. The summed E-state index contributed by atoms with van der Waals surface area (Å²) in [5.41, 5.74) is 4.02. The van der Waals surface area contributed by atoms with E-state index in [4.69, 9.17) is 16.3 Å². The Bertz CT molecular complexity index is 1510. The number of hydrogen-bond acceptors (Lipinski definition) is 7. The Morgan fingerprint density at radius 2 is 1.76 bits per heavy atom. The zero-order valence-electron chi connectivity index (χ0n) is 23.3. The summed E-state index contributed by atoms with van der Waals surface area (Å²) in [4.78, 5) is 38.3. The molecule has 0 aliphatic heterocycles. The Kier molecular flexibility index (Phi) is 11.1. The van der Waals surface area contributed by atoms with Gasteiger partial charge in [-0.1, -0.05) is 73.1 Å². The van der Waals surface area contributed by atoms with Gasteiger partial charge in [0.1, 0.15) is 6.33 Å². The van der Waals surface area contributed by atoms with Crippen molar-refractivity contribution in [2.45, 2.75) is 45.1 Å². The number of ketones is 1. The minimum Gasteiger partial charge on any atom is -0.466 e. The van der Waals surface area contributed by atoms with E-state index in [0.29, 0.717) is 42.1 Å². The average molecular weight is 586 g/mol. The predicted molar refractivity (Wildman–Crippen MR) is 160 cm³/mol. The molecule has 0 spiro atoms. The van der Waals surface area contributed by atoms with Gasteiger partial charge in [-0.2, -0.15) is 4.68 Å². The van der Waals surface area contributed by atoms with Gasteiger partial charge in [-0.15, -0.1) is 5.10 Å². The number of aryl methyl sites for hydroxylation is 1. The second-order valence-corrected chi connectivity index (χ2v) is 10.2. The molecular formula is C32H32ClN5O4. The van der Waals surface area contributed by atoms with Crippen molar-refractivity contribution in [2.75, 3.05) is 6.61 Å². The Hall–Kier alpha value is -4.63. The number of amides is 1. The molecule has 3 aromatic carbocycles. The molecule has 0 radical (unpaired) electrons. The van der Waals surface area contributed by atoms with Crippen molar-refractivity contribution in [3.05, 3.63) is 112 Å². The number of tetrazole rings is 1. The molecule has 1 amide bonds. The molecule has 0 aliphatic carbocycles. The fourth-order valence-electron chi connectivity index (χ4n) is 4.30. The topological polar surface area (TPSA) is 116 Å². The van der Waals surface area contributed by atoms with E-state index in [2.05, 4.69) is 20.8 Å². The van der Waals surface area contributed by atoms with Gasteiger partial charge >= 0.3 is 5.97 Å². The van der Waals surface area contributed by atoms with Gasteiger partial charge in [0.05, 0.1) is 18.3 Å². The van der Waals surface area contributed by atoms with Crippen LogP contribution in [0.4, 0.5) is 0 Å². The van der Waals surface area contributed by atoms with E-state index in [9.17, 15) is 14.4 Å². The molecule has 0 unspecified atom stereocenters. The van der Waals surface area contributed by atoms with Crippen LogP contribution >= 0.6 is 11.6 Å². The van der Waals surface area contributed by atoms with Gasteiger partial charge < -0.3 is 10.1 Å². The number of benzene rings is 3. The molecule has 0 saturated carbocycles. The smallest absolute Gasteiger partial charge is 0.306 e. The van der Waals surface area contributed by atoms with Gasteiger partial charge in [-0.25, -0.2) is 0 Å². The lowest BCUT2D eigenvalue weighted by atomic mass is 9.96. The maximum Gasteiger partial charge on any atom is 0.306 e. The first-order valence-corrected chi connectivity index (χ1v) is 14.1. The van der Waals surface area contributed by atoms with Crippen molar-refractivity contribution < 1.29 is 19.1 Å². The van der Waals surface area contributed by atoms with E-state index in [1.807, 2.05) is 61.5 Å². The first-order chi connectivity index (χ1) is 20.4. The molecule has 1 heterocycles. The minimum atomic E-state index is -0.740. The van der Waals surface area contributed by atoms with Gasteiger partial charge in [0.25, 0.3) is 0 Å². The van der Waals surface area contributed by atoms with Crippen LogP contribution in [0.3, 0.4) is 0 Å². The number of aromatic nitrogens is 4.